The standard InChI is InChI=1S/C17H21N5O3S/c1-3-13(26)21-5-7-22(8-6-21)17-18-9-11-14(23)12(16(24)25)10-20(4-2)15(11)19-17/h9-10H,3-8H2,1-2H3,(H,24,25). The highest BCUT2D eigenvalue weighted by Crippen LogP contribution is 2.16. The van der Waals surface area contributed by atoms with Crippen LogP contribution in [0.5, 0.6) is 0 Å². The highest BCUT2D eigenvalue weighted by Gasteiger charge is 2.22. The number of carboxylic acids is 1. The molecule has 1 saturated heterocycles. The molecule has 3 heterocycles. The quantitative estimate of drug-likeness (QED) is 0.801. The molecule has 0 amide bonds. The number of fused-ring (bicyclic) bond motifs is 1. The Bertz CT molecular complexity index is 918. The minimum atomic E-state index is -1.24. The lowest BCUT2D eigenvalue weighted by atomic mass is 10.2. The van der Waals surface area contributed by atoms with Gasteiger partial charge in [0.15, 0.2) is 0 Å². The van der Waals surface area contributed by atoms with Gasteiger partial charge < -0.3 is 19.5 Å². The van der Waals surface area contributed by atoms with E-state index in [0.717, 1.165) is 37.6 Å². The molecule has 0 unspecified atom stereocenters. The van der Waals surface area contributed by atoms with Crippen LogP contribution in [-0.2, 0) is 6.54 Å². The lowest BCUT2D eigenvalue weighted by Gasteiger charge is -2.36. The first-order valence-corrected chi connectivity index (χ1v) is 9.03. The molecule has 26 heavy (non-hydrogen) atoms. The van der Waals surface area contributed by atoms with Crippen molar-refractivity contribution in [2.45, 2.75) is 26.8 Å². The zero-order valence-electron chi connectivity index (χ0n) is 14.8. The van der Waals surface area contributed by atoms with Crippen LogP contribution in [0.1, 0.15) is 30.6 Å². The lowest BCUT2D eigenvalue weighted by molar-refractivity contribution is 0.0695. The minimum absolute atomic E-state index is 0.223. The van der Waals surface area contributed by atoms with E-state index in [1.807, 2.05) is 6.92 Å². The number of rotatable bonds is 4. The van der Waals surface area contributed by atoms with Gasteiger partial charge in [0, 0.05) is 45.1 Å². The van der Waals surface area contributed by atoms with Crippen molar-refractivity contribution in [3.63, 3.8) is 0 Å². The van der Waals surface area contributed by atoms with Crippen molar-refractivity contribution in [3.05, 3.63) is 28.2 Å². The van der Waals surface area contributed by atoms with Crippen LogP contribution in [-0.4, -0.2) is 61.7 Å². The maximum Gasteiger partial charge on any atom is 0.341 e. The van der Waals surface area contributed by atoms with Crippen molar-refractivity contribution in [3.8, 4) is 0 Å². The van der Waals surface area contributed by atoms with Gasteiger partial charge in [-0.15, -0.1) is 0 Å². The van der Waals surface area contributed by atoms with Crippen LogP contribution in [0.25, 0.3) is 11.0 Å². The summed E-state index contributed by atoms with van der Waals surface area (Å²) in [5.74, 6) is -0.699. The number of thiocarbonyl (C=S) groups is 1. The number of carboxylic acid groups (broad SMARTS) is 1. The number of carbonyl (C=O) groups is 1. The summed E-state index contributed by atoms with van der Waals surface area (Å²) in [4.78, 5) is 37.7. The molecule has 1 aliphatic heterocycles. The second-order valence-electron chi connectivity index (χ2n) is 6.09. The van der Waals surface area contributed by atoms with Crippen LogP contribution < -0.4 is 10.3 Å². The minimum Gasteiger partial charge on any atom is -0.477 e. The largest absolute Gasteiger partial charge is 0.477 e. The van der Waals surface area contributed by atoms with Gasteiger partial charge in [-0.2, -0.15) is 4.98 Å². The molecule has 1 aliphatic rings. The molecule has 138 valence electrons. The Hall–Kier alpha value is -2.55. The Labute approximate surface area is 156 Å². The Balaban J connectivity index is 1.95. The van der Waals surface area contributed by atoms with Gasteiger partial charge >= 0.3 is 5.97 Å². The van der Waals surface area contributed by atoms with Crippen molar-refractivity contribution >= 4 is 40.2 Å². The number of aromatic carboxylic acids is 1. The Kier molecular flexibility index (Phi) is 5.17. The van der Waals surface area contributed by atoms with Crippen LogP contribution in [0.15, 0.2) is 17.2 Å². The predicted molar refractivity (Wildman–Crippen MR) is 103 cm³/mol. The number of hydrogen-bond acceptors (Lipinski definition) is 6. The summed E-state index contributed by atoms with van der Waals surface area (Å²) in [6, 6.07) is 0. The molecule has 0 bridgehead atoms. The van der Waals surface area contributed by atoms with Gasteiger partial charge in [0.25, 0.3) is 0 Å². The lowest BCUT2D eigenvalue weighted by Crippen LogP contribution is -2.48. The molecule has 8 nitrogen and oxygen atoms in total. The van der Waals surface area contributed by atoms with Crippen molar-refractivity contribution < 1.29 is 9.90 Å². The topological polar surface area (TPSA) is 91.6 Å². The number of aryl methyl sites for hydroxylation is 1. The summed E-state index contributed by atoms with van der Waals surface area (Å²) in [7, 11) is 0. The molecule has 3 rings (SSSR count). The maximum atomic E-state index is 12.4. The molecule has 0 aromatic carbocycles. The van der Waals surface area contributed by atoms with E-state index in [9.17, 15) is 14.7 Å². The van der Waals surface area contributed by atoms with E-state index in [4.69, 9.17) is 12.2 Å². The Morgan fingerprint density at radius 1 is 1.27 bits per heavy atom. The van der Waals surface area contributed by atoms with Crippen LogP contribution in [0.2, 0.25) is 0 Å². The van der Waals surface area contributed by atoms with Gasteiger partial charge in [-0.1, -0.05) is 19.1 Å². The Morgan fingerprint density at radius 2 is 1.96 bits per heavy atom. The third kappa shape index (κ3) is 3.26. The van der Waals surface area contributed by atoms with Gasteiger partial charge in [-0.05, 0) is 13.3 Å². The molecule has 0 atom stereocenters. The van der Waals surface area contributed by atoms with Gasteiger partial charge in [-0.25, -0.2) is 9.78 Å². The highest BCUT2D eigenvalue weighted by molar-refractivity contribution is 7.80. The Morgan fingerprint density at radius 3 is 2.54 bits per heavy atom. The molecule has 2 aromatic heterocycles. The van der Waals surface area contributed by atoms with Gasteiger partial charge in [0.1, 0.15) is 11.2 Å². The van der Waals surface area contributed by atoms with Crippen molar-refractivity contribution in [2.24, 2.45) is 0 Å². The van der Waals surface area contributed by atoms with Gasteiger partial charge in [0.2, 0.25) is 11.4 Å². The number of pyridine rings is 1. The maximum absolute atomic E-state index is 12.4. The zero-order chi connectivity index (χ0) is 18.8. The smallest absolute Gasteiger partial charge is 0.341 e. The zero-order valence-corrected chi connectivity index (χ0v) is 15.6. The summed E-state index contributed by atoms with van der Waals surface area (Å²) >= 11 is 5.36. The highest BCUT2D eigenvalue weighted by atomic mass is 32.1. The monoisotopic (exact) mass is 375 g/mol. The molecule has 0 saturated carbocycles. The fourth-order valence-corrected chi connectivity index (χ4v) is 3.27. The van der Waals surface area contributed by atoms with Crippen molar-refractivity contribution in [1.82, 2.24) is 19.4 Å². The predicted octanol–water partition coefficient (Wildman–Crippen LogP) is 1.37. The molecule has 1 fully saturated rings. The third-order valence-electron chi connectivity index (χ3n) is 4.59. The SMILES string of the molecule is CCC(=S)N1CCN(c2ncc3c(=O)c(C(=O)O)cn(CC)c3n2)CC1. The third-order valence-corrected chi connectivity index (χ3v) is 5.14. The fourth-order valence-electron chi connectivity index (χ4n) is 3.09. The van der Waals surface area contributed by atoms with Crippen LogP contribution >= 0.6 is 12.2 Å². The van der Waals surface area contributed by atoms with E-state index in [2.05, 4.69) is 26.7 Å². The molecule has 0 spiro atoms. The average molecular weight is 375 g/mol. The summed E-state index contributed by atoms with van der Waals surface area (Å²) in [5.41, 5.74) is -0.363. The van der Waals surface area contributed by atoms with Gasteiger partial charge in [0.05, 0.1) is 10.4 Å². The average Bonchev–Trinajstić information content (AvgIpc) is 2.67. The number of piperazine rings is 1. The summed E-state index contributed by atoms with van der Waals surface area (Å²) < 4.78 is 1.67. The summed E-state index contributed by atoms with van der Waals surface area (Å²) in [5, 5.41) is 9.44. The summed E-state index contributed by atoms with van der Waals surface area (Å²) in [6.45, 7) is 7.55. The van der Waals surface area contributed by atoms with Gasteiger partial charge in [-0.3, -0.25) is 4.79 Å². The fraction of sp³-hybridized carbons (Fsp3) is 0.471. The first-order chi connectivity index (χ1) is 12.5. The van der Waals surface area contributed by atoms with E-state index < -0.39 is 11.4 Å². The first kappa shape index (κ1) is 18.2. The number of aromatic nitrogens is 3. The molecule has 0 aliphatic carbocycles. The number of hydrogen-bond donors (Lipinski definition) is 1. The van der Waals surface area contributed by atoms with E-state index in [1.165, 1.54) is 12.4 Å². The van der Waals surface area contributed by atoms with E-state index in [0.29, 0.717) is 18.1 Å². The molecular formula is C17H21N5O3S. The normalized spacial score (nSPS) is 14.7. The van der Waals surface area contributed by atoms with E-state index >= 15 is 0 Å². The molecular weight excluding hydrogens is 354 g/mol. The van der Waals surface area contributed by atoms with Crippen LogP contribution in [0, 0.1) is 0 Å². The number of nitrogens with zero attached hydrogens (tertiary/aromatic N) is 5. The summed E-state index contributed by atoms with van der Waals surface area (Å²) in [6.07, 6.45) is 3.64. The number of anilines is 1. The van der Waals surface area contributed by atoms with Crippen molar-refractivity contribution in [1.29, 1.82) is 0 Å². The molecule has 9 heteroatoms. The molecule has 1 N–H and O–H groups in total. The van der Waals surface area contributed by atoms with E-state index in [1.54, 1.807) is 4.57 Å². The second kappa shape index (κ2) is 7.36. The molecule has 2 aromatic rings. The molecule has 0 radical (unpaired) electrons. The second-order valence-corrected chi connectivity index (χ2v) is 6.56. The van der Waals surface area contributed by atoms with Crippen LogP contribution in [0.3, 0.4) is 0 Å². The van der Waals surface area contributed by atoms with Crippen LogP contribution in [0.4, 0.5) is 5.95 Å². The first-order valence-electron chi connectivity index (χ1n) is 8.62. The van der Waals surface area contributed by atoms with Crippen molar-refractivity contribution in [2.75, 3.05) is 31.1 Å². The van der Waals surface area contributed by atoms with E-state index in [-0.39, 0.29) is 10.9 Å².